The quantitative estimate of drug-likeness (QED) is 0.441. The van der Waals surface area contributed by atoms with Crippen molar-refractivity contribution in [3.63, 3.8) is 0 Å². The third-order valence-electron chi connectivity index (χ3n) is 4.36. The van der Waals surface area contributed by atoms with Gasteiger partial charge in [-0.25, -0.2) is 9.78 Å². The van der Waals surface area contributed by atoms with Gasteiger partial charge in [-0.3, -0.25) is 10.1 Å². The van der Waals surface area contributed by atoms with E-state index in [-0.39, 0.29) is 18.4 Å². The number of methoxy groups -OCH3 is 3. The highest BCUT2D eigenvalue weighted by Crippen LogP contribution is 2.39. The average molecular weight is 457 g/mol. The number of aryl methyl sites for hydroxylation is 1. The molecular weight excluding hydrogens is 432 g/mol. The third-order valence-corrected chi connectivity index (χ3v) is 5.17. The Bertz CT molecular complexity index is 1050. The van der Waals surface area contributed by atoms with Crippen LogP contribution in [0.1, 0.15) is 12.1 Å². The van der Waals surface area contributed by atoms with E-state index in [0.717, 1.165) is 0 Å². The minimum atomic E-state index is -0.378. The molecule has 3 aromatic rings. The van der Waals surface area contributed by atoms with Crippen LogP contribution in [0, 0.1) is 0 Å². The lowest BCUT2D eigenvalue weighted by molar-refractivity contribution is -0.116. The molecule has 32 heavy (non-hydrogen) atoms. The Morgan fingerprint density at radius 3 is 2.22 bits per heavy atom. The molecular formula is C22H24N4O5S. The zero-order valence-corrected chi connectivity index (χ0v) is 18.7. The number of nitrogens with zero attached hydrogens (tertiary/aromatic N) is 1. The van der Waals surface area contributed by atoms with Crippen LogP contribution in [0.3, 0.4) is 0 Å². The smallest absolute Gasteiger partial charge is 0.325 e. The fraction of sp³-hybridized carbons (Fsp3) is 0.227. The number of amides is 3. The number of urea groups is 1. The average Bonchev–Trinajstić information content (AvgIpc) is 3.24. The summed E-state index contributed by atoms with van der Waals surface area (Å²) in [6.07, 6.45) is 0.644. The topological polar surface area (TPSA) is 111 Å². The second kappa shape index (κ2) is 11.0. The van der Waals surface area contributed by atoms with Gasteiger partial charge in [0.1, 0.15) is 0 Å². The molecule has 10 heteroatoms. The number of nitrogens with one attached hydrogen (secondary N) is 3. The lowest BCUT2D eigenvalue weighted by Gasteiger charge is -2.14. The number of hydrogen-bond donors (Lipinski definition) is 3. The molecule has 0 spiro atoms. The van der Waals surface area contributed by atoms with Gasteiger partial charge in [0.25, 0.3) is 0 Å². The van der Waals surface area contributed by atoms with E-state index in [9.17, 15) is 9.59 Å². The van der Waals surface area contributed by atoms with E-state index in [2.05, 4.69) is 20.9 Å². The molecule has 0 aliphatic carbocycles. The monoisotopic (exact) mass is 456 g/mol. The number of carbonyl (C=O) groups excluding carboxylic acids is 2. The van der Waals surface area contributed by atoms with Crippen molar-refractivity contribution >= 4 is 39.8 Å². The predicted molar refractivity (Wildman–Crippen MR) is 124 cm³/mol. The van der Waals surface area contributed by atoms with Gasteiger partial charge in [-0.1, -0.05) is 18.2 Å². The summed E-state index contributed by atoms with van der Waals surface area (Å²) in [4.78, 5) is 28.8. The van der Waals surface area contributed by atoms with Crippen molar-refractivity contribution in [1.82, 2.24) is 4.98 Å². The zero-order chi connectivity index (χ0) is 22.9. The first-order valence-electron chi connectivity index (χ1n) is 9.69. The standard InChI is InChI=1S/C22H24N4O5S/c1-29-17-11-16(12-18(30-2)20(17)31-3)23-19(27)10-9-15-13-32-22(25-15)26-21(28)24-14-7-5-4-6-8-14/h4-8,11-13H,9-10H2,1-3H3,(H,23,27)(H2,24,25,26,28). The van der Waals surface area contributed by atoms with Crippen molar-refractivity contribution in [3.05, 3.63) is 53.5 Å². The van der Waals surface area contributed by atoms with Crippen molar-refractivity contribution in [2.45, 2.75) is 12.8 Å². The van der Waals surface area contributed by atoms with E-state index in [1.165, 1.54) is 32.7 Å². The molecule has 0 radical (unpaired) electrons. The van der Waals surface area contributed by atoms with Gasteiger partial charge in [-0.2, -0.15) is 0 Å². The number of hydrogen-bond acceptors (Lipinski definition) is 7. The molecule has 0 saturated carbocycles. The number of rotatable bonds is 9. The molecule has 9 nitrogen and oxygen atoms in total. The fourth-order valence-corrected chi connectivity index (χ4v) is 3.62. The lowest BCUT2D eigenvalue weighted by atomic mass is 10.2. The van der Waals surface area contributed by atoms with E-state index < -0.39 is 0 Å². The molecule has 1 aromatic heterocycles. The number of para-hydroxylation sites is 1. The number of anilines is 3. The Kier molecular flexibility index (Phi) is 7.87. The van der Waals surface area contributed by atoms with Crippen LogP contribution in [0.15, 0.2) is 47.8 Å². The summed E-state index contributed by atoms with van der Waals surface area (Å²) in [5.74, 6) is 1.16. The molecule has 168 valence electrons. The molecule has 2 aromatic carbocycles. The van der Waals surface area contributed by atoms with E-state index in [0.29, 0.717) is 45.9 Å². The Labute approximate surface area is 189 Å². The lowest BCUT2D eigenvalue weighted by Crippen LogP contribution is -2.19. The third kappa shape index (κ3) is 6.11. The molecule has 0 atom stereocenters. The Morgan fingerprint density at radius 1 is 0.906 bits per heavy atom. The van der Waals surface area contributed by atoms with Crippen LogP contribution in [0.2, 0.25) is 0 Å². The zero-order valence-electron chi connectivity index (χ0n) is 17.9. The summed E-state index contributed by atoms with van der Waals surface area (Å²) in [7, 11) is 4.54. The number of benzene rings is 2. The van der Waals surface area contributed by atoms with Crippen molar-refractivity contribution in [1.29, 1.82) is 0 Å². The Morgan fingerprint density at radius 2 is 1.59 bits per heavy atom. The van der Waals surface area contributed by atoms with E-state index in [4.69, 9.17) is 14.2 Å². The van der Waals surface area contributed by atoms with Gasteiger partial charge in [0, 0.05) is 35.3 Å². The molecule has 0 fully saturated rings. The van der Waals surface area contributed by atoms with Crippen LogP contribution in [0.4, 0.5) is 21.3 Å². The van der Waals surface area contributed by atoms with Crippen LogP contribution in [-0.4, -0.2) is 38.3 Å². The van der Waals surface area contributed by atoms with Crippen LogP contribution in [-0.2, 0) is 11.2 Å². The van der Waals surface area contributed by atoms with Gasteiger partial charge in [0.05, 0.1) is 27.0 Å². The molecule has 3 amide bonds. The molecule has 0 unspecified atom stereocenters. The first-order valence-corrected chi connectivity index (χ1v) is 10.6. The predicted octanol–water partition coefficient (Wildman–Crippen LogP) is 4.38. The number of ether oxygens (including phenoxy) is 3. The highest BCUT2D eigenvalue weighted by atomic mass is 32.1. The molecule has 0 bridgehead atoms. The van der Waals surface area contributed by atoms with Crippen LogP contribution in [0.5, 0.6) is 17.2 Å². The molecule has 0 saturated heterocycles. The second-order valence-corrected chi connectivity index (χ2v) is 7.41. The Balaban J connectivity index is 1.52. The fourth-order valence-electron chi connectivity index (χ4n) is 2.88. The summed E-state index contributed by atoms with van der Waals surface area (Å²) in [5, 5.41) is 10.5. The molecule has 0 aliphatic heterocycles. The number of aromatic nitrogens is 1. The molecule has 0 aliphatic rings. The van der Waals surface area contributed by atoms with Crippen molar-refractivity contribution in [2.24, 2.45) is 0 Å². The van der Waals surface area contributed by atoms with Crippen molar-refractivity contribution in [2.75, 3.05) is 37.3 Å². The number of carbonyl (C=O) groups is 2. The summed E-state index contributed by atoms with van der Waals surface area (Å²) in [6.45, 7) is 0. The normalized spacial score (nSPS) is 10.2. The minimum absolute atomic E-state index is 0.191. The molecule has 1 heterocycles. The van der Waals surface area contributed by atoms with E-state index >= 15 is 0 Å². The summed E-state index contributed by atoms with van der Waals surface area (Å²) in [5.41, 5.74) is 1.93. The minimum Gasteiger partial charge on any atom is -0.493 e. The maximum absolute atomic E-state index is 12.4. The highest BCUT2D eigenvalue weighted by molar-refractivity contribution is 7.13. The Hall–Kier alpha value is -3.79. The van der Waals surface area contributed by atoms with Crippen LogP contribution < -0.4 is 30.2 Å². The highest BCUT2D eigenvalue weighted by Gasteiger charge is 2.15. The van der Waals surface area contributed by atoms with E-state index in [1.54, 1.807) is 24.3 Å². The van der Waals surface area contributed by atoms with Crippen molar-refractivity contribution in [3.8, 4) is 17.2 Å². The van der Waals surface area contributed by atoms with E-state index in [1.807, 2.05) is 23.6 Å². The molecule has 3 N–H and O–H groups in total. The van der Waals surface area contributed by atoms with Crippen LogP contribution in [0.25, 0.3) is 0 Å². The van der Waals surface area contributed by atoms with Crippen molar-refractivity contribution < 1.29 is 23.8 Å². The van der Waals surface area contributed by atoms with Crippen LogP contribution >= 0.6 is 11.3 Å². The summed E-state index contributed by atoms with van der Waals surface area (Å²) < 4.78 is 15.9. The van der Waals surface area contributed by atoms with Gasteiger partial charge in [0.15, 0.2) is 16.6 Å². The van der Waals surface area contributed by atoms with Gasteiger partial charge in [-0.05, 0) is 18.6 Å². The summed E-state index contributed by atoms with van der Waals surface area (Å²) >= 11 is 1.30. The maximum atomic E-state index is 12.4. The largest absolute Gasteiger partial charge is 0.493 e. The summed E-state index contributed by atoms with van der Waals surface area (Å²) in [6, 6.07) is 12.1. The first-order chi connectivity index (χ1) is 15.5. The second-order valence-electron chi connectivity index (χ2n) is 6.55. The first kappa shape index (κ1) is 22.9. The molecule has 3 rings (SSSR count). The van der Waals surface area contributed by atoms with Gasteiger partial charge in [0.2, 0.25) is 11.7 Å². The maximum Gasteiger partial charge on any atom is 0.325 e. The SMILES string of the molecule is COc1cc(NC(=O)CCc2csc(NC(=O)Nc3ccccc3)n2)cc(OC)c1OC. The van der Waals surface area contributed by atoms with Gasteiger partial charge >= 0.3 is 6.03 Å². The van der Waals surface area contributed by atoms with Gasteiger partial charge < -0.3 is 24.8 Å². The van der Waals surface area contributed by atoms with Gasteiger partial charge in [-0.15, -0.1) is 11.3 Å². The number of thiazole rings is 1.